The van der Waals surface area contributed by atoms with E-state index in [1.54, 1.807) is 25.2 Å². The predicted molar refractivity (Wildman–Crippen MR) is 120 cm³/mol. The maximum Gasteiger partial charge on any atom is 0.222 e. The van der Waals surface area contributed by atoms with Crippen LogP contribution in [-0.2, 0) is 15.3 Å². The van der Waals surface area contributed by atoms with Gasteiger partial charge in [-0.05, 0) is 69.5 Å². The Labute approximate surface area is 192 Å². The summed E-state index contributed by atoms with van der Waals surface area (Å²) < 4.78 is 40.9. The number of fused-ring (bicyclic) bond motifs is 2. The lowest BCUT2D eigenvalue weighted by Gasteiger charge is -2.50. The van der Waals surface area contributed by atoms with Crippen LogP contribution >= 0.6 is 0 Å². The first-order chi connectivity index (χ1) is 15.5. The van der Waals surface area contributed by atoms with Gasteiger partial charge in [0.25, 0.3) is 0 Å². The molecule has 176 valence electrons. The Hall–Kier alpha value is -2.71. The smallest absolute Gasteiger partial charge is 0.222 e. The van der Waals surface area contributed by atoms with E-state index in [2.05, 4.69) is 20.8 Å². The third-order valence-corrected chi connectivity index (χ3v) is 7.04. The van der Waals surface area contributed by atoms with Crippen LogP contribution in [0.1, 0.15) is 45.6 Å². The Balaban J connectivity index is 1.62. The molecule has 1 fully saturated rings. The van der Waals surface area contributed by atoms with Crippen LogP contribution in [0.15, 0.2) is 41.4 Å². The third kappa shape index (κ3) is 3.75. The van der Waals surface area contributed by atoms with E-state index in [4.69, 9.17) is 25.0 Å². The minimum atomic E-state index is -1.12. The molecule has 5 rings (SSSR count). The molecule has 1 spiro atoms. The lowest BCUT2D eigenvalue weighted by atomic mass is 9.71. The maximum absolute atomic E-state index is 14.5. The minimum Gasteiger partial charge on any atom is -0.487 e. The van der Waals surface area contributed by atoms with Gasteiger partial charge >= 0.3 is 0 Å². The van der Waals surface area contributed by atoms with E-state index in [0.717, 1.165) is 25.0 Å². The number of aliphatic imine (C=N–C) groups is 1. The van der Waals surface area contributed by atoms with Gasteiger partial charge in [0.05, 0.1) is 11.2 Å². The molecular weight excluding hydrogens is 428 g/mol. The number of halogens is 2. The van der Waals surface area contributed by atoms with Gasteiger partial charge in [0, 0.05) is 31.6 Å². The van der Waals surface area contributed by atoms with Gasteiger partial charge in [0.1, 0.15) is 23.0 Å². The van der Waals surface area contributed by atoms with Crippen molar-refractivity contribution in [3.8, 4) is 16.9 Å². The SMILES string of the molecule is CN1OC2(C[C@](C)([C@@H]3CCOC(C)(C)C3)Oc3ccc(-c4cc(F)ccc4F)cc32)N=C1N. The summed E-state index contributed by atoms with van der Waals surface area (Å²) >= 11 is 0. The molecule has 0 bridgehead atoms. The predicted octanol–water partition coefficient (Wildman–Crippen LogP) is 4.72. The maximum atomic E-state index is 14.5. The molecule has 3 aliphatic heterocycles. The van der Waals surface area contributed by atoms with Crippen LogP contribution < -0.4 is 10.5 Å². The normalized spacial score (nSPS) is 30.7. The zero-order valence-corrected chi connectivity index (χ0v) is 19.3. The molecule has 0 aliphatic carbocycles. The van der Waals surface area contributed by atoms with Crippen molar-refractivity contribution in [3.05, 3.63) is 53.6 Å². The van der Waals surface area contributed by atoms with Gasteiger partial charge in [0.2, 0.25) is 11.7 Å². The molecule has 0 aromatic heterocycles. The molecule has 0 amide bonds. The molecule has 0 radical (unpaired) electrons. The van der Waals surface area contributed by atoms with E-state index in [0.29, 0.717) is 29.9 Å². The number of hydrogen-bond donors (Lipinski definition) is 1. The van der Waals surface area contributed by atoms with Crippen molar-refractivity contribution < 1.29 is 23.1 Å². The summed E-state index contributed by atoms with van der Waals surface area (Å²) in [4.78, 5) is 11.0. The second-order valence-corrected chi connectivity index (χ2v) is 10.1. The summed E-state index contributed by atoms with van der Waals surface area (Å²) in [5.74, 6) is 0.0330. The summed E-state index contributed by atoms with van der Waals surface area (Å²) in [6.45, 7) is 6.91. The highest BCUT2D eigenvalue weighted by Gasteiger charge is 2.56. The number of rotatable bonds is 2. The van der Waals surface area contributed by atoms with Gasteiger partial charge in [-0.3, -0.25) is 0 Å². The first-order valence-corrected chi connectivity index (χ1v) is 11.2. The zero-order valence-electron chi connectivity index (χ0n) is 19.3. The van der Waals surface area contributed by atoms with E-state index in [9.17, 15) is 8.78 Å². The lowest BCUT2D eigenvalue weighted by Crippen LogP contribution is -2.54. The quantitative estimate of drug-likeness (QED) is 0.707. The van der Waals surface area contributed by atoms with Crippen LogP contribution in [0.3, 0.4) is 0 Å². The van der Waals surface area contributed by atoms with E-state index in [1.165, 1.54) is 11.1 Å². The molecule has 2 aromatic rings. The highest BCUT2D eigenvalue weighted by Crippen LogP contribution is 2.54. The van der Waals surface area contributed by atoms with Crippen LogP contribution in [-0.4, -0.2) is 35.9 Å². The second kappa shape index (κ2) is 7.40. The minimum absolute atomic E-state index is 0.163. The van der Waals surface area contributed by atoms with Crippen molar-refractivity contribution in [2.75, 3.05) is 13.7 Å². The number of ether oxygens (including phenoxy) is 2. The molecular formula is C25H29F2N3O3. The number of hydroxylamine groups is 2. The Morgan fingerprint density at radius 1 is 1.12 bits per heavy atom. The average molecular weight is 458 g/mol. The summed E-state index contributed by atoms with van der Waals surface area (Å²) in [5.41, 5.74) is 5.47. The molecule has 3 aliphatic rings. The molecule has 1 unspecified atom stereocenters. The van der Waals surface area contributed by atoms with Crippen molar-refractivity contribution >= 4 is 5.96 Å². The number of hydrogen-bond acceptors (Lipinski definition) is 6. The Kier molecular flexibility index (Phi) is 4.95. The molecule has 0 saturated carbocycles. The first kappa shape index (κ1) is 22.1. The molecule has 6 nitrogen and oxygen atoms in total. The Morgan fingerprint density at radius 2 is 1.91 bits per heavy atom. The third-order valence-electron chi connectivity index (χ3n) is 7.04. The fraction of sp³-hybridized carbons (Fsp3) is 0.480. The molecule has 2 N–H and O–H groups in total. The second-order valence-electron chi connectivity index (χ2n) is 10.1. The van der Waals surface area contributed by atoms with Crippen molar-refractivity contribution in [2.45, 2.75) is 57.0 Å². The topological polar surface area (TPSA) is 69.3 Å². The lowest BCUT2D eigenvalue weighted by molar-refractivity contribution is -0.216. The van der Waals surface area contributed by atoms with E-state index >= 15 is 0 Å². The van der Waals surface area contributed by atoms with Crippen molar-refractivity contribution in [1.29, 1.82) is 0 Å². The monoisotopic (exact) mass is 457 g/mol. The molecule has 2 aromatic carbocycles. The van der Waals surface area contributed by atoms with Crippen LogP contribution in [0, 0.1) is 17.6 Å². The van der Waals surface area contributed by atoms with Crippen LogP contribution in [0.25, 0.3) is 11.1 Å². The van der Waals surface area contributed by atoms with Crippen molar-refractivity contribution in [2.24, 2.45) is 16.6 Å². The summed E-state index contributed by atoms with van der Waals surface area (Å²) in [7, 11) is 1.70. The highest BCUT2D eigenvalue weighted by atomic mass is 19.1. The Bertz CT molecular complexity index is 1140. The zero-order chi connectivity index (χ0) is 23.6. The number of nitrogens with zero attached hydrogens (tertiary/aromatic N) is 2. The Morgan fingerprint density at radius 3 is 2.61 bits per heavy atom. The average Bonchev–Trinajstić information content (AvgIpc) is 3.02. The molecule has 33 heavy (non-hydrogen) atoms. The van der Waals surface area contributed by atoms with E-state index in [1.807, 2.05) is 0 Å². The van der Waals surface area contributed by atoms with Crippen molar-refractivity contribution in [3.63, 3.8) is 0 Å². The van der Waals surface area contributed by atoms with Crippen LogP contribution in [0.2, 0.25) is 0 Å². The largest absolute Gasteiger partial charge is 0.487 e. The molecule has 3 heterocycles. The van der Waals surface area contributed by atoms with Crippen LogP contribution in [0.4, 0.5) is 8.78 Å². The fourth-order valence-electron chi connectivity index (χ4n) is 5.38. The standard InChI is InChI=1S/C25H29F2N3O3/c1-23(2)13-16(9-10-31-23)24(3)14-25(29-22(28)30(4)33-25)19-11-15(5-8-21(19)32-24)18-12-17(26)6-7-20(18)27/h5-8,11-12,16H,9-10,13-14H2,1-4H3,(H2,28,29)/t16-,24-,25?/m1/s1. The molecule has 3 atom stereocenters. The van der Waals surface area contributed by atoms with Crippen LogP contribution in [0.5, 0.6) is 5.75 Å². The van der Waals surface area contributed by atoms with Gasteiger partial charge < -0.3 is 15.2 Å². The van der Waals surface area contributed by atoms with Gasteiger partial charge in [0.15, 0.2) is 0 Å². The van der Waals surface area contributed by atoms with Gasteiger partial charge in [-0.2, -0.15) is 0 Å². The molecule has 1 saturated heterocycles. The first-order valence-electron chi connectivity index (χ1n) is 11.2. The number of guanidine groups is 1. The van der Waals surface area contributed by atoms with Gasteiger partial charge in [-0.1, -0.05) is 6.07 Å². The van der Waals surface area contributed by atoms with Gasteiger partial charge in [-0.25, -0.2) is 23.7 Å². The number of nitrogens with two attached hydrogens (primary N) is 1. The van der Waals surface area contributed by atoms with Gasteiger partial charge in [-0.15, -0.1) is 0 Å². The number of benzene rings is 2. The highest BCUT2D eigenvalue weighted by molar-refractivity contribution is 5.79. The van der Waals surface area contributed by atoms with Crippen molar-refractivity contribution in [1.82, 2.24) is 5.06 Å². The molecule has 8 heteroatoms. The summed E-state index contributed by atoms with van der Waals surface area (Å²) in [6, 6.07) is 8.68. The summed E-state index contributed by atoms with van der Waals surface area (Å²) in [5, 5.41) is 1.44. The van der Waals surface area contributed by atoms with E-state index < -0.39 is 23.0 Å². The fourth-order valence-corrected chi connectivity index (χ4v) is 5.38. The van der Waals surface area contributed by atoms with E-state index in [-0.39, 0.29) is 23.0 Å². The summed E-state index contributed by atoms with van der Waals surface area (Å²) in [6.07, 6.45) is 2.11.